The Hall–Kier alpha value is -1.91. The van der Waals surface area contributed by atoms with Gasteiger partial charge < -0.3 is 10.1 Å². The Labute approximate surface area is 199 Å². The zero-order chi connectivity index (χ0) is 22.3. The molecule has 7 atom stereocenters. The van der Waals surface area contributed by atoms with Crippen molar-refractivity contribution in [2.75, 3.05) is 6.54 Å². The van der Waals surface area contributed by atoms with E-state index in [9.17, 15) is 19.2 Å². The highest BCUT2D eigenvalue weighted by Gasteiger charge is 2.69. The molecule has 32 heavy (non-hydrogen) atoms. The van der Waals surface area contributed by atoms with Crippen molar-refractivity contribution < 1.29 is 19.5 Å². The van der Waals surface area contributed by atoms with Crippen molar-refractivity contribution in [1.29, 1.82) is 0 Å². The van der Waals surface area contributed by atoms with E-state index in [2.05, 4.69) is 33.0 Å². The van der Waals surface area contributed by atoms with Gasteiger partial charge in [-0.05, 0) is 41.9 Å². The van der Waals surface area contributed by atoms with E-state index in [1.165, 1.54) is 16.2 Å². The van der Waals surface area contributed by atoms with E-state index < -0.39 is 5.97 Å². The first kappa shape index (κ1) is 20.7. The van der Waals surface area contributed by atoms with E-state index in [1.54, 1.807) is 11.8 Å². The first-order valence-electron chi connectivity index (χ1n) is 10.6. The quantitative estimate of drug-likeness (QED) is 0.583. The van der Waals surface area contributed by atoms with Gasteiger partial charge in [0.15, 0.2) is 0 Å². The number of aliphatic carboxylic acids is 1. The number of aromatic nitrogens is 1. The fourth-order valence-corrected chi connectivity index (χ4v) is 9.70. The van der Waals surface area contributed by atoms with Crippen LogP contribution < -0.4 is 4.87 Å². The SMILES string of the molecule is O=C(O)CCN1C(=O)[C@@H]2[C@H]3C[C@@H]([C@@H]4Sc5[nH]c(=O)sc5[C@@H](c5ccc(Br)cc5)[C@@H]34)[C@H]2C1=O. The third-order valence-corrected chi connectivity index (χ3v) is 10.7. The first-order valence-corrected chi connectivity index (χ1v) is 13.1. The number of thioether (sulfide) groups is 1. The lowest BCUT2D eigenvalue weighted by atomic mass is 9.68. The summed E-state index contributed by atoms with van der Waals surface area (Å²) in [6.07, 6.45) is 0.599. The average molecular weight is 535 g/mol. The molecule has 2 saturated carbocycles. The summed E-state index contributed by atoms with van der Waals surface area (Å²) in [7, 11) is 0. The number of likely N-dealkylation sites (tertiary alicyclic amines) is 1. The number of nitrogens with zero attached hydrogens (tertiary/aromatic N) is 1. The Morgan fingerprint density at radius 1 is 1.12 bits per heavy atom. The lowest BCUT2D eigenvalue weighted by Gasteiger charge is -2.43. The van der Waals surface area contributed by atoms with E-state index >= 15 is 0 Å². The fraction of sp³-hybridized carbons (Fsp3) is 0.455. The van der Waals surface area contributed by atoms with Crippen molar-refractivity contribution in [1.82, 2.24) is 9.88 Å². The zero-order valence-corrected chi connectivity index (χ0v) is 19.9. The molecule has 7 nitrogen and oxygen atoms in total. The van der Waals surface area contributed by atoms with Crippen LogP contribution in [0, 0.1) is 29.6 Å². The smallest absolute Gasteiger partial charge is 0.305 e. The molecule has 2 aliphatic heterocycles. The number of aromatic amines is 1. The summed E-state index contributed by atoms with van der Waals surface area (Å²) in [5.74, 6) is -1.92. The second-order valence-corrected chi connectivity index (χ2v) is 12.1. The predicted molar refractivity (Wildman–Crippen MR) is 122 cm³/mol. The number of halogens is 1. The number of hydrogen-bond acceptors (Lipinski definition) is 6. The van der Waals surface area contributed by atoms with Crippen LogP contribution in [0.5, 0.6) is 0 Å². The molecule has 2 aliphatic carbocycles. The molecule has 2 bridgehead atoms. The lowest BCUT2D eigenvalue weighted by Crippen LogP contribution is -2.42. The molecule has 1 saturated heterocycles. The number of fused-ring (bicyclic) bond motifs is 9. The van der Waals surface area contributed by atoms with E-state index in [0.717, 1.165) is 26.4 Å². The maximum Gasteiger partial charge on any atom is 0.305 e. The average Bonchev–Trinajstić information content (AvgIpc) is 3.47. The molecule has 0 radical (unpaired) electrons. The summed E-state index contributed by atoms with van der Waals surface area (Å²) >= 11 is 6.39. The number of amides is 2. The molecule has 2 N–H and O–H groups in total. The summed E-state index contributed by atoms with van der Waals surface area (Å²) < 4.78 is 0.976. The van der Waals surface area contributed by atoms with Gasteiger partial charge in [0.1, 0.15) is 0 Å². The van der Waals surface area contributed by atoms with E-state index in [0.29, 0.717) is 0 Å². The van der Waals surface area contributed by atoms with Gasteiger partial charge in [-0.1, -0.05) is 39.4 Å². The van der Waals surface area contributed by atoms with Gasteiger partial charge in [-0.25, -0.2) is 0 Å². The number of hydrogen-bond donors (Lipinski definition) is 2. The Balaban J connectivity index is 1.41. The Kier molecular flexibility index (Phi) is 4.71. The van der Waals surface area contributed by atoms with Crippen molar-refractivity contribution in [2.24, 2.45) is 29.6 Å². The van der Waals surface area contributed by atoms with Crippen LogP contribution in [0.3, 0.4) is 0 Å². The van der Waals surface area contributed by atoms with Crippen LogP contribution >= 0.6 is 39.0 Å². The molecule has 10 heteroatoms. The lowest BCUT2D eigenvalue weighted by molar-refractivity contribution is -0.142. The van der Waals surface area contributed by atoms with Gasteiger partial charge in [0, 0.05) is 27.1 Å². The molecule has 1 aromatic carbocycles. The third kappa shape index (κ3) is 2.85. The minimum absolute atomic E-state index is 0.000205. The molecule has 3 heterocycles. The molecule has 3 fully saturated rings. The molecule has 2 aromatic rings. The van der Waals surface area contributed by atoms with Crippen LogP contribution in [0.15, 0.2) is 38.6 Å². The van der Waals surface area contributed by atoms with Crippen LogP contribution in [-0.4, -0.2) is 44.6 Å². The highest BCUT2D eigenvalue weighted by molar-refractivity contribution is 9.10. The molecule has 0 spiro atoms. The molecule has 0 unspecified atom stereocenters. The minimum atomic E-state index is -1.02. The van der Waals surface area contributed by atoms with Crippen molar-refractivity contribution in [3.63, 3.8) is 0 Å². The number of thiazole rings is 1. The molecule has 166 valence electrons. The molecule has 6 rings (SSSR count). The number of carboxylic acid groups (broad SMARTS) is 1. The van der Waals surface area contributed by atoms with Crippen molar-refractivity contribution >= 4 is 56.8 Å². The monoisotopic (exact) mass is 534 g/mol. The number of carbonyl (C=O) groups excluding carboxylic acids is 2. The van der Waals surface area contributed by atoms with Gasteiger partial charge >= 0.3 is 10.8 Å². The van der Waals surface area contributed by atoms with Gasteiger partial charge in [0.25, 0.3) is 0 Å². The molecule has 1 aromatic heterocycles. The number of carboxylic acids is 1. The highest BCUT2D eigenvalue weighted by Crippen LogP contribution is 2.68. The molecular weight excluding hydrogens is 516 g/mol. The van der Waals surface area contributed by atoms with Crippen molar-refractivity contribution in [3.05, 3.63) is 48.8 Å². The third-order valence-electron chi connectivity index (χ3n) is 7.59. The number of carbonyl (C=O) groups is 3. The number of H-pyrrole nitrogens is 1. The van der Waals surface area contributed by atoms with Gasteiger partial charge in [-0.15, -0.1) is 11.8 Å². The van der Waals surface area contributed by atoms with Crippen LogP contribution in [0.2, 0.25) is 0 Å². The molecule has 4 aliphatic rings. The highest BCUT2D eigenvalue weighted by atomic mass is 79.9. The van der Waals surface area contributed by atoms with Crippen LogP contribution in [0.25, 0.3) is 0 Å². The van der Waals surface area contributed by atoms with Crippen LogP contribution in [-0.2, 0) is 14.4 Å². The maximum atomic E-state index is 13.3. The van der Waals surface area contributed by atoms with Gasteiger partial charge in [0.05, 0.1) is 23.3 Å². The van der Waals surface area contributed by atoms with E-state index in [4.69, 9.17) is 5.11 Å². The molecule has 2 amide bonds. The summed E-state index contributed by atoms with van der Waals surface area (Å²) in [5.41, 5.74) is 1.11. The first-order chi connectivity index (χ1) is 15.3. The van der Waals surface area contributed by atoms with Gasteiger partial charge in [-0.3, -0.25) is 24.1 Å². The number of nitrogens with one attached hydrogen (secondary N) is 1. The minimum Gasteiger partial charge on any atom is -0.481 e. The second-order valence-electron chi connectivity index (χ2n) is 8.98. The second kappa shape index (κ2) is 7.30. The fourth-order valence-electron chi connectivity index (χ4n) is 6.55. The van der Waals surface area contributed by atoms with E-state index in [1.807, 2.05) is 12.1 Å². The van der Waals surface area contributed by atoms with Gasteiger partial charge in [-0.2, -0.15) is 0 Å². The standard InChI is InChI=1S/C22H19BrN2O5S2/c23-9-3-1-8(2-4-9)13-14-10-7-11(17(14)31-19-18(13)32-22(30)24-19)16-15(10)20(28)25(21(16)29)6-5-12(26)27/h1-4,10-11,13-17H,5-7H2,(H,24,30)(H,26,27)/t10-,11+,13-,14+,15+,16+,17-/m0/s1. The maximum absolute atomic E-state index is 13.3. The van der Waals surface area contributed by atoms with Crippen molar-refractivity contribution in [3.8, 4) is 0 Å². The zero-order valence-electron chi connectivity index (χ0n) is 16.7. The molecular formula is C22H19BrN2O5S2. The topological polar surface area (TPSA) is 108 Å². The summed E-state index contributed by atoms with van der Waals surface area (Å²) in [5, 5.41) is 10.1. The number of imide groups is 1. The normalized spacial score (nSPS) is 34.5. The predicted octanol–water partition coefficient (Wildman–Crippen LogP) is 3.15. The number of rotatable bonds is 4. The van der Waals surface area contributed by atoms with E-state index in [-0.39, 0.29) is 70.4 Å². The summed E-state index contributed by atoms with van der Waals surface area (Å²) in [6.45, 7) is -0.0568. The van der Waals surface area contributed by atoms with Crippen LogP contribution in [0.4, 0.5) is 0 Å². The van der Waals surface area contributed by atoms with Crippen molar-refractivity contribution in [2.45, 2.75) is 29.0 Å². The Bertz CT molecular complexity index is 1210. The Morgan fingerprint density at radius 2 is 1.81 bits per heavy atom. The largest absolute Gasteiger partial charge is 0.481 e. The van der Waals surface area contributed by atoms with Crippen LogP contribution in [0.1, 0.15) is 29.2 Å². The Morgan fingerprint density at radius 3 is 2.50 bits per heavy atom. The number of benzene rings is 1. The summed E-state index contributed by atoms with van der Waals surface area (Å²) in [4.78, 5) is 54.8. The summed E-state index contributed by atoms with van der Waals surface area (Å²) in [6, 6.07) is 8.13. The van der Waals surface area contributed by atoms with Gasteiger partial charge in [0.2, 0.25) is 11.8 Å².